The lowest BCUT2D eigenvalue weighted by atomic mass is 10.2. The fourth-order valence-electron chi connectivity index (χ4n) is 1.46. The summed E-state index contributed by atoms with van der Waals surface area (Å²) in [6.45, 7) is 4.74. The van der Waals surface area contributed by atoms with Gasteiger partial charge in [0, 0.05) is 6.04 Å². The summed E-state index contributed by atoms with van der Waals surface area (Å²) < 4.78 is 35.7. The van der Waals surface area contributed by atoms with Gasteiger partial charge >= 0.3 is 6.09 Å². The molecule has 3 N–H and O–H groups in total. The molecule has 0 aromatic rings. The smallest absolute Gasteiger partial charge is 0.408 e. The number of nitrogens with one attached hydrogen (secondary N) is 2. The number of thioether (sulfide) groups is 1. The van der Waals surface area contributed by atoms with Crippen molar-refractivity contribution >= 4 is 33.9 Å². The van der Waals surface area contributed by atoms with Crippen molar-refractivity contribution in [2.75, 3.05) is 24.3 Å². The molecule has 10 heteroatoms. The van der Waals surface area contributed by atoms with Crippen molar-refractivity contribution in [2.24, 2.45) is 0 Å². The van der Waals surface area contributed by atoms with Crippen molar-refractivity contribution in [1.29, 1.82) is 0 Å². The van der Waals surface area contributed by atoms with Crippen molar-refractivity contribution < 1.29 is 27.3 Å². The number of carbonyl (C=O) groups excluding carboxylic acids is 2. The van der Waals surface area contributed by atoms with Crippen molar-refractivity contribution in [3.05, 3.63) is 0 Å². The molecule has 0 aliphatic rings. The molecule has 1 atom stereocenters. The number of amides is 2. The molecule has 0 radical (unpaired) electrons. The van der Waals surface area contributed by atoms with Gasteiger partial charge in [0.05, 0.1) is 5.75 Å². The van der Waals surface area contributed by atoms with Gasteiger partial charge in [0.15, 0.2) is 0 Å². The van der Waals surface area contributed by atoms with E-state index in [0.717, 1.165) is 0 Å². The summed E-state index contributed by atoms with van der Waals surface area (Å²) >= 11 is 1.49. The molecule has 0 aliphatic heterocycles. The summed E-state index contributed by atoms with van der Waals surface area (Å²) in [4.78, 5) is 23.1. The Morgan fingerprint density at radius 3 is 2.36 bits per heavy atom. The van der Waals surface area contributed by atoms with Gasteiger partial charge in [-0.05, 0) is 39.2 Å². The highest BCUT2D eigenvalue weighted by atomic mass is 32.2. The Balaban J connectivity index is 4.35. The molecular weight excluding hydrogens is 332 g/mol. The molecular formula is C12H24N2O6S2. The Morgan fingerprint density at radius 2 is 1.91 bits per heavy atom. The number of alkyl carbamates (subject to hydrolysis) is 1. The van der Waals surface area contributed by atoms with Gasteiger partial charge in [-0.3, -0.25) is 9.35 Å². The molecule has 0 aromatic carbocycles. The van der Waals surface area contributed by atoms with Crippen LogP contribution >= 0.6 is 11.8 Å². The number of carbonyl (C=O) groups is 2. The quantitative estimate of drug-likeness (QED) is 0.545. The summed E-state index contributed by atoms with van der Waals surface area (Å²) in [5, 5.41) is 4.74. The van der Waals surface area contributed by atoms with E-state index in [1.165, 1.54) is 11.8 Å². The second kappa shape index (κ2) is 9.21. The molecule has 0 aliphatic carbocycles. The number of hydrogen-bond acceptors (Lipinski definition) is 6. The second-order valence-corrected chi connectivity index (χ2v) is 8.13. The Morgan fingerprint density at radius 1 is 1.32 bits per heavy atom. The number of hydrogen-bond donors (Lipinski definition) is 3. The third kappa shape index (κ3) is 12.7. The molecule has 0 bridgehead atoms. The zero-order valence-corrected chi connectivity index (χ0v) is 14.8. The standard InChI is InChI=1S/C12H24N2O6S2/c1-12(2,3)20-11(16)13-7-10(15)14-9(5-6-21-4)8-22(17,18)19/h9H,5-8H2,1-4H3,(H,13,16)(H,14,15)(H,17,18,19). The van der Waals surface area contributed by atoms with Crippen molar-refractivity contribution in [3.8, 4) is 0 Å². The fraction of sp³-hybridized carbons (Fsp3) is 0.833. The van der Waals surface area contributed by atoms with Gasteiger partial charge in [0.25, 0.3) is 10.1 Å². The van der Waals surface area contributed by atoms with Crippen LogP contribution in [0.1, 0.15) is 27.2 Å². The van der Waals surface area contributed by atoms with Crippen LogP contribution in [0.25, 0.3) is 0 Å². The minimum Gasteiger partial charge on any atom is -0.444 e. The maximum atomic E-state index is 11.7. The number of rotatable bonds is 8. The highest BCUT2D eigenvalue weighted by Crippen LogP contribution is 2.06. The summed E-state index contributed by atoms with van der Waals surface area (Å²) in [6, 6.07) is -0.713. The van der Waals surface area contributed by atoms with Gasteiger partial charge in [-0.2, -0.15) is 20.2 Å². The molecule has 1 unspecified atom stereocenters. The minimum absolute atomic E-state index is 0.337. The molecule has 130 valence electrons. The van der Waals surface area contributed by atoms with E-state index in [2.05, 4.69) is 10.6 Å². The topological polar surface area (TPSA) is 122 Å². The lowest BCUT2D eigenvalue weighted by Gasteiger charge is -2.20. The van der Waals surface area contributed by atoms with Gasteiger partial charge in [0.1, 0.15) is 12.1 Å². The molecule has 0 aromatic heterocycles. The molecule has 0 rings (SSSR count). The molecule has 0 fully saturated rings. The SMILES string of the molecule is CSCCC(CS(=O)(=O)O)NC(=O)CNC(=O)OC(C)(C)C. The lowest BCUT2D eigenvalue weighted by Crippen LogP contribution is -2.45. The predicted octanol–water partition coefficient (Wildman–Crippen LogP) is 0.637. The van der Waals surface area contributed by atoms with Gasteiger partial charge in [-0.25, -0.2) is 4.79 Å². The average Bonchev–Trinajstić information content (AvgIpc) is 2.29. The Labute approximate surface area is 135 Å². The first-order valence-electron chi connectivity index (χ1n) is 6.63. The van der Waals surface area contributed by atoms with Crippen molar-refractivity contribution in [3.63, 3.8) is 0 Å². The molecule has 2 amide bonds. The Kier molecular flexibility index (Phi) is 8.79. The van der Waals surface area contributed by atoms with Crippen LogP contribution in [-0.4, -0.2) is 60.9 Å². The van der Waals surface area contributed by atoms with E-state index >= 15 is 0 Å². The van der Waals surface area contributed by atoms with E-state index < -0.39 is 39.5 Å². The second-order valence-electron chi connectivity index (χ2n) is 5.65. The van der Waals surface area contributed by atoms with Gasteiger partial charge in [0.2, 0.25) is 5.91 Å². The van der Waals surface area contributed by atoms with Crippen LogP contribution in [0, 0.1) is 0 Å². The normalized spacial score (nSPS) is 13.3. The average molecular weight is 356 g/mol. The summed E-state index contributed by atoms with van der Waals surface area (Å²) in [5.41, 5.74) is -0.674. The summed E-state index contributed by atoms with van der Waals surface area (Å²) in [6.07, 6.45) is 1.49. The van der Waals surface area contributed by atoms with Crippen LogP contribution in [-0.2, 0) is 19.6 Å². The molecule has 0 saturated heterocycles. The zero-order valence-electron chi connectivity index (χ0n) is 13.2. The maximum Gasteiger partial charge on any atom is 0.408 e. The van der Waals surface area contributed by atoms with Crippen LogP contribution in [0.15, 0.2) is 0 Å². The summed E-state index contributed by atoms with van der Waals surface area (Å²) in [5.74, 6) is -0.494. The Bertz CT molecular complexity index is 472. The monoisotopic (exact) mass is 356 g/mol. The third-order valence-corrected chi connectivity index (χ3v) is 3.71. The first-order chi connectivity index (χ1) is 9.93. The molecule has 0 heterocycles. The van der Waals surface area contributed by atoms with E-state index in [4.69, 9.17) is 9.29 Å². The largest absolute Gasteiger partial charge is 0.444 e. The van der Waals surface area contributed by atoms with Gasteiger partial charge in [-0.15, -0.1) is 0 Å². The molecule has 8 nitrogen and oxygen atoms in total. The predicted molar refractivity (Wildman–Crippen MR) is 85.6 cm³/mol. The van der Waals surface area contributed by atoms with E-state index in [9.17, 15) is 18.0 Å². The van der Waals surface area contributed by atoms with E-state index in [-0.39, 0.29) is 6.54 Å². The highest BCUT2D eigenvalue weighted by molar-refractivity contribution is 7.98. The Hall–Kier alpha value is -1.00. The van der Waals surface area contributed by atoms with Crippen LogP contribution in [0.5, 0.6) is 0 Å². The highest BCUT2D eigenvalue weighted by Gasteiger charge is 2.20. The van der Waals surface area contributed by atoms with Crippen LogP contribution in [0.3, 0.4) is 0 Å². The number of ether oxygens (including phenoxy) is 1. The van der Waals surface area contributed by atoms with Crippen LogP contribution in [0.2, 0.25) is 0 Å². The summed E-state index contributed by atoms with van der Waals surface area (Å²) in [7, 11) is -4.19. The third-order valence-electron chi connectivity index (χ3n) is 2.24. The van der Waals surface area contributed by atoms with Crippen LogP contribution in [0.4, 0.5) is 4.79 Å². The van der Waals surface area contributed by atoms with E-state index in [0.29, 0.717) is 12.2 Å². The van der Waals surface area contributed by atoms with Gasteiger partial charge < -0.3 is 15.4 Å². The molecule has 22 heavy (non-hydrogen) atoms. The van der Waals surface area contributed by atoms with E-state index in [1.807, 2.05) is 6.26 Å². The first-order valence-corrected chi connectivity index (χ1v) is 9.63. The van der Waals surface area contributed by atoms with Crippen molar-refractivity contribution in [2.45, 2.75) is 38.8 Å². The molecule has 0 saturated carbocycles. The maximum absolute atomic E-state index is 11.7. The fourth-order valence-corrected chi connectivity index (χ4v) is 2.74. The molecule has 0 spiro atoms. The van der Waals surface area contributed by atoms with Crippen molar-refractivity contribution in [1.82, 2.24) is 10.6 Å². The van der Waals surface area contributed by atoms with Crippen LogP contribution < -0.4 is 10.6 Å². The first kappa shape index (κ1) is 21.0. The zero-order chi connectivity index (χ0) is 17.4. The van der Waals surface area contributed by atoms with Gasteiger partial charge in [-0.1, -0.05) is 0 Å². The lowest BCUT2D eigenvalue weighted by molar-refractivity contribution is -0.120. The minimum atomic E-state index is -4.19. The van der Waals surface area contributed by atoms with E-state index in [1.54, 1.807) is 20.8 Å².